The first-order valence-electron chi connectivity index (χ1n) is 6.87. The van der Waals surface area contributed by atoms with Crippen molar-refractivity contribution in [2.45, 2.75) is 32.4 Å². The number of benzene rings is 1. The van der Waals surface area contributed by atoms with E-state index in [1.54, 1.807) is 7.11 Å². The highest BCUT2D eigenvalue weighted by Crippen LogP contribution is 2.16. The van der Waals surface area contributed by atoms with E-state index in [0.29, 0.717) is 6.61 Å². The summed E-state index contributed by atoms with van der Waals surface area (Å²) >= 11 is 0. The molecular formula is C15H22N2O2. The summed E-state index contributed by atoms with van der Waals surface area (Å²) in [5.74, 6) is -0.0164. The highest BCUT2D eigenvalue weighted by Gasteiger charge is 2.15. The molecule has 1 unspecified atom stereocenters. The number of rotatable bonds is 5. The molecule has 1 aliphatic heterocycles. The Morgan fingerprint density at radius 2 is 2.32 bits per heavy atom. The van der Waals surface area contributed by atoms with Crippen molar-refractivity contribution in [3.05, 3.63) is 34.9 Å². The van der Waals surface area contributed by atoms with Gasteiger partial charge in [-0.05, 0) is 42.6 Å². The molecule has 0 bridgehead atoms. The summed E-state index contributed by atoms with van der Waals surface area (Å²) in [4.78, 5) is 12.2. The molecule has 104 valence electrons. The molecule has 0 aromatic heterocycles. The second-order valence-corrected chi connectivity index (χ2v) is 4.94. The van der Waals surface area contributed by atoms with Crippen molar-refractivity contribution in [3.8, 4) is 0 Å². The smallest absolute Gasteiger partial charge is 0.251 e. The van der Waals surface area contributed by atoms with E-state index < -0.39 is 0 Å². The molecule has 1 aromatic rings. The van der Waals surface area contributed by atoms with Gasteiger partial charge in [0, 0.05) is 19.2 Å². The van der Waals surface area contributed by atoms with Gasteiger partial charge in [-0.2, -0.15) is 0 Å². The topological polar surface area (TPSA) is 50.4 Å². The first-order valence-corrected chi connectivity index (χ1v) is 6.87. The maximum atomic E-state index is 12.2. The number of hydrogen-bond donors (Lipinski definition) is 2. The van der Waals surface area contributed by atoms with Gasteiger partial charge in [0.1, 0.15) is 0 Å². The van der Waals surface area contributed by atoms with Crippen molar-refractivity contribution in [1.29, 1.82) is 0 Å². The largest absolute Gasteiger partial charge is 0.383 e. The molecule has 0 fully saturated rings. The lowest BCUT2D eigenvalue weighted by Gasteiger charge is -2.19. The zero-order valence-corrected chi connectivity index (χ0v) is 11.7. The van der Waals surface area contributed by atoms with E-state index in [1.165, 1.54) is 11.1 Å². The maximum Gasteiger partial charge on any atom is 0.251 e. The molecule has 1 heterocycles. The second kappa shape index (κ2) is 6.68. The Hall–Kier alpha value is -1.39. The number of methoxy groups -OCH3 is 1. The molecule has 4 heteroatoms. The highest BCUT2D eigenvalue weighted by molar-refractivity contribution is 5.94. The fraction of sp³-hybridized carbons (Fsp3) is 0.533. The van der Waals surface area contributed by atoms with E-state index in [4.69, 9.17) is 4.74 Å². The molecule has 0 spiro atoms. The van der Waals surface area contributed by atoms with Crippen LogP contribution in [0.15, 0.2) is 18.2 Å². The Morgan fingerprint density at radius 1 is 1.47 bits per heavy atom. The van der Waals surface area contributed by atoms with Crippen LogP contribution in [0.3, 0.4) is 0 Å². The zero-order valence-electron chi connectivity index (χ0n) is 11.7. The minimum absolute atomic E-state index is 0.0164. The lowest BCUT2D eigenvalue weighted by Crippen LogP contribution is -2.37. The fourth-order valence-corrected chi connectivity index (χ4v) is 2.35. The van der Waals surface area contributed by atoms with Gasteiger partial charge in [0.15, 0.2) is 0 Å². The Balaban J connectivity index is 2.06. The number of carbonyl (C=O) groups excluding carboxylic acids is 1. The first-order chi connectivity index (χ1) is 9.24. The normalized spacial score (nSPS) is 15.7. The molecule has 0 saturated carbocycles. The molecule has 0 radical (unpaired) electrons. The van der Waals surface area contributed by atoms with Crippen LogP contribution in [0.1, 0.15) is 34.8 Å². The predicted molar refractivity (Wildman–Crippen MR) is 75.3 cm³/mol. The van der Waals surface area contributed by atoms with Gasteiger partial charge in [-0.15, -0.1) is 0 Å². The molecule has 1 aliphatic rings. The minimum atomic E-state index is -0.0164. The van der Waals surface area contributed by atoms with Gasteiger partial charge in [-0.3, -0.25) is 4.79 Å². The van der Waals surface area contributed by atoms with Gasteiger partial charge in [-0.25, -0.2) is 0 Å². The maximum absolute atomic E-state index is 12.2. The summed E-state index contributed by atoms with van der Waals surface area (Å²) < 4.78 is 5.10. The van der Waals surface area contributed by atoms with Crippen LogP contribution in [0.25, 0.3) is 0 Å². The number of hydrogen-bond acceptors (Lipinski definition) is 3. The van der Waals surface area contributed by atoms with Gasteiger partial charge in [0.25, 0.3) is 5.91 Å². The highest BCUT2D eigenvalue weighted by atomic mass is 16.5. The number of nitrogens with one attached hydrogen (secondary N) is 2. The lowest BCUT2D eigenvalue weighted by molar-refractivity contribution is 0.0894. The van der Waals surface area contributed by atoms with Crippen LogP contribution in [0, 0.1) is 0 Å². The Morgan fingerprint density at radius 3 is 3.05 bits per heavy atom. The predicted octanol–water partition coefficient (Wildman–Crippen LogP) is 1.49. The van der Waals surface area contributed by atoms with Crippen molar-refractivity contribution in [2.75, 3.05) is 20.3 Å². The van der Waals surface area contributed by atoms with Crippen LogP contribution in [-0.2, 0) is 17.7 Å². The number of amides is 1. The van der Waals surface area contributed by atoms with Crippen LogP contribution in [-0.4, -0.2) is 32.2 Å². The quantitative estimate of drug-likeness (QED) is 0.845. The molecule has 1 atom stereocenters. The average Bonchev–Trinajstić information content (AvgIpc) is 2.46. The van der Waals surface area contributed by atoms with E-state index in [-0.39, 0.29) is 11.9 Å². The standard InChI is InChI=1S/C15H22N2O2/c1-3-14(10-19-2)17-15(18)12-5-4-11-6-7-16-9-13(11)8-12/h4-5,8,14,16H,3,6-7,9-10H2,1-2H3,(H,17,18). The van der Waals surface area contributed by atoms with E-state index >= 15 is 0 Å². The van der Waals surface area contributed by atoms with Crippen LogP contribution in [0.2, 0.25) is 0 Å². The SMILES string of the molecule is CCC(COC)NC(=O)c1ccc2c(c1)CNCC2. The molecule has 1 amide bonds. The van der Waals surface area contributed by atoms with Gasteiger partial charge < -0.3 is 15.4 Å². The zero-order chi connectivity index (χ0) is 13.7. The molecule has 19 heavy (non-hydrogen) atoms. The molecule has 0 saturated heterocycles. The third-order valence-electron chi connectivity index (χ3n) is 3.55. The summed E-state index contributed by atoms with van der Waals surface area (Å²) in [5, 5.41) is 6.33. The lowest BCUT2D eigenvalue weighted by atomic mass is 9.98. The van der Waals surface area contributed by atoms with E-state index in [1.807, 2.05) is 19.1 Å². The van der Waals surface area contributed by atoms with Crippen molar-refractivity contribution in [2.24, 2.45) is 0 Å². The Bertz CT molecular complexity index is 446. The average molecular weight is 262 g/mol. The second-order valence-electron chi connectivity index (χ2n) is 4.94. The van der Waals surface area contributed by atoms with E-state index in [2.05, 4.69) is 16.7 Å². The first kappa shape index (κ1) is 14.0. The van der Waals surface area contributed by atoms with E-state index in [9.17, 15) is 4.79 Å². The fourth-order valence-electron chi connectivity index (χ4n) is 2.35. The van der Waals surface area contributed by atoms with Crippen molar-refractivity contribution < 1.29 is 9.53 Å². The van der Waals surface area contributed by atoms with Crippen LogP contribution in [0.4, 0.5) is 0 Å². The van der Waals surface area contributed by atoms with Crippen LogP contribution >= 0.6 is 0 Å². The van der Waals surface area contributed by atoms with Gasteiger partial charge >= 0.3 is 0 Å². The van der Waals surface area contributed by atoms with Crippen molar-refractivity contribution in [3.63, 3.8) is 0 Å². The molecule has 2 rings (SSSR count). The number of carbonyl (C=O) groups is 1. The molecular weight excluding hydrogens is 240 g/mol. The third-order valence-corrected chi connectivity index (χ3v) is 3.55. The summed E-state index contributed by atoms with van der Waals surface area (Å²) in [6.45, 7) is 4.46. The number of fused-ring (bicyclic) bond motifs is 1. The van der Waals surface area contributed by atoms with Crippen molar-refractivity contribution >= 4 is 5.91 Å². The van der Waals surface area contributed by atoms with Gasteiger partial charge in [-0.1, -0.05) is 13.0 Å². The number of ether oxygens (including phenoxy) is 1. The summed E-state index contributed by atoms with van der Waals surface area (Å²) in [5.41, 5.74) is 3.31. The summed E-state index contributed by atoms with van der Waals surface area (Å²) in [6, 6.07) is 6.06. The summed E-state index contributed by atoms with van der Waals surface area (Å²) in [7, 11) is 1.65. The van der Waals surface area contributed by atoms with Crippen molar-refractivity contribution in [1.82, 2.24) is 10.6 Å². The summed E-state index contributed by atoms with van der Waals surface area (Å²) in [6.07, 6.45) is 1.91. The van der Waals surface area contributed by atoms with Crippen LogP contribution in [0.5, 0.6) is 0 Å². The molecule has 0 aliphatic carbocycles. The van der Waals surface area contributed by atoms with E-state index in [0.717, 1.165) is 31.5 Å². The Labute approximate surface area is 114 Å². The van der Waals surface area contributed by atoms with Crippen LogP contribution < -0.4 is 10.6 Å². The monoisotopic (exact) mass is 262 g/mol. The molecule has 1 aromatic carbocycles. The molecule has 4 nitrogen and oxygen atoms in total. The molecule has 2 N–H and O–H groups in total. The van der Waals surface area contributed by atoms with Gasteiger partial charge in [0.2, 0.25) is 0 Å². The minimum Gasteiger partial charge on any atom is -0.383 e. The Kier molecular flexibility index (Phi) is 4.93. The van der Waals surface area contributed by atoms with Gasteiger partial charge in [0.05, 0.1) is 12.6 Å². The third kappa shape index (κ3) is 3.55.